The summed E-state index contributed by atoms with van der Waals surface area (Å²) in [5, 5.41) is 2.16. The second-order valence-corrected chi connectivity index (χ2v) is 1.40. The predicted octanol–water partition coefficient (Wildman–Crippen LogP) is 1.40. The number of alkyl halides is 3. The second kappa shape index (κ2) is 2.91. The van der Waals surface area contributed by atoms with Crippen LogP contribution in [-0.4, -0.2) is 19.3 Å². The largest absolute Gasteiger partial charge is 0.401 e. The van der Waals surface area contributed by atoms with Crippen molar-refractivity contribution < 1.29 is 14.6 Å². The Kier molecular flexibility index (Phi) is 2.82. The Labute approximate surface area is 47.4 Å². The van der Waals surface area contributed by atoms with E-state index in [0.29, 0.717) is 6.54 Å². The molecule has 0 aromatic carbocycles. The van der Waals surface area contributed by atoms with Crippen molar-refractivity contribution in [3.63, 3.8) is 0 Å². The molecule has 0 atom stereocenters. The van der Waals surface area contributed by atoms with Gasteiger partial charge < -0.3 is 5.32 Å². The van der Waals surface area contributed by atoms with Gasteiger partial charge in [-0.1, -0.05) is 6.92 Å². The molecule has 0 aromatic heterocycles. The maximum atomic E-state index is 11.2. The van der Waals surface area contributed by atoms with E-state index in [1.54, 1.807) is 6.92 Å². The smallest absolute Gasteiger partial charge is 0.309 e. The van der Waals surface area contributed by atoms with Crippen LogP contribution in [0, 0.1) is 0 Å². The van der Waals surface area contributed by atoms with E-state index in [9.17, 15) is 13.2 Å². The van der Waals surface area contributed by atoms with Gasteiger partial charge in [0, 0.05) is 1.43 Å². The van der Waals surface area contributed by atoms with Crippen molar-refractivity contribution in [1.29, 1.82) is 0 Å². The van der Waals surface area contributed by atoms with Gasteiger partial charge in [-0.25, -0.2) is 0 Å². The number of hydrogen-bond donors (Lipinski definition) is 1. The Morgan fingerprint density at radius 1 is 1.50 bits per heavy atom. The Morgan fingerprint density at radius 3 is 2.12 bits per heavy atom. The first kappa shape index (κ1) is 7.75. The minimum Gasteiger partial charge on any atom is -0.309 e. The van der Waals surface area contributed by atoms with E-state index >= 15 is 0 Å². The van der Waals surface area contributed by atoms with E-state index in [-0.39, 0.29) is 1.43 Å². The van der Waals surface area contributed by atoms with Gasteiger partial charge in [0.1, 0.15) is 0 Å². The highest BCUT2D eigenvalue weighted by Crippen LogP contribution is 2.11. The first-order valence-corrected chi connectivity index (χ1v) is 2.33. The van der Waals surface area contributed by atoms with Crippen LogP contribution in [0.3, 0.4) is 0 Å². The molecule has 0 aromatic rings. The minimum absolute atomic E-state index is 0. The van der Waals surface area contributed by atoms with Gasteiger partial charge in [-0.2, -0.15) is 13.2 Å². The zero-order chi connectivity index (χ0) is 6.62. The molecule has 0 aliphatic rings. The van der Waals surface area contributed by atoms with E-state index < -0.39 is 12.7 Å². The van der Waals surface area contributed by atoms with Crippen LogP contribution in [0.2, 0.25) is 0 Å². The summed E-state index contributed by atoms with van der Waals surface area (Å²) in [6.45, 7) is 1.11. The summed E-state index contributed by atoms with van der Waals surface area (Å²) in [6.07, 6.45) is -4.06. The van der Waals surface area contributed by atoms with Crippen molar-refractivity contribution in [3.05, 3.63) is 0 Å². The normalized spacial score (nSPS) is 12.0. The van der Waals surface area contributed by atoms with Crippen LogP contribution in [0.15, 0.2) is 0 Å². The van der Waals surface area contributed by atoms with Crippen molar-refractivity contribution in [1.82, 2.24) is 5.32 Å². The van der Waals surface area contributed by atoms with Crippen LogP contribution in [0.5, 0.6) is 0 Å². The van der Waals surface area contributed by atoms with E-state index in [4.69, 9.17) is 0 Å². The standard InChI is InChI=1S/C4H8F3N.H2/c1-2-8-3-4(5,6)7;/h8H,2-3H2,1H3;1H. The Bertz CT molecular complexity index is 63.3. The third-order valence-electron chi connectivity index (χ3n) is 0.575. The van der Waals surface area contributed by atoms with Crippen LogP contribution >= 0.6 is 0 Å². The molecule has 4 heteroatoms. The molecule has 0 heterocycles. The van der Waals surface area contributed by atoms with Gasteiger partial charge in [0.15, 0.2) is 0 Å². The first-order valence-electron chi connectivity index (χ1n) is 2.33. The van der Waals surface area contributed by atoms with Gasteiger partial charge in [0.05, 0.1) is 6.54 Å². The topological polar surface area (TPSA) is 12.0 Å². The Morgan fingerprint density at radius 2 is 2.00 bits per heavy atom. The summed E-state index contributed by atoms with van der Waals surface area (Å²) in [7, 11) is 0. The number of halogens is 3. The van der Waals surface area contributed by atoms with Gasteiger partial charge in [-0.15, -0.1) is 0 Å². The molecular formula is C4H10F3N. The highest BCUT2D eigenvalue weighted by Gasteiger charge is 2.25. The lowest BCUT2D eigenvalue weighted by molar-refractivity contribution is -0.124. The molecular weight excluding hydrogens is 119 g/mol. The van der Waals surface area contributed by atoms with Gasteiger partial charge in [-0.3, -0.25) is 0 Å². The molecule has 0 aliphatic heterocycles. The zero-order valence-corrected chi connectivity index (χ0v) is 4.55. The van der Waals surface area contributed by atoms with E-state index in [1.807, 2.05) is 0 Å². The highest BCUT2D eigenvalue weighted by atomic mass is 19.4. The number of hydrogen-bond acceptors (Lipinski definition) is 1. The minimum atomic E-state index is -4.06. The molecule has 0 bridgehead atoms. The second-order valence-electron chi connectivity index (χ2n) is 1.40. The summed E-state index contributed by atoms with van der Waals surface area (Å²) in [5.41, 5.74) is 0. The number of rotatable bonds is 2. The van der Waals surface area contributed by atoms with Gasteiger partial charge in [0.2, 0.25) is 0 Å². The molecule has 0 fully saturated rings. The quantitative estimate of drug-likeness (QED) is 0.594. The summed E-state index contributed by atoms with van der Waals surface area (Å²) >= 11 is 0. The van der Waals surface area contributed by atoms with Crippen LogP contribution in [0.1, 0.15) is 8.35 Å². The molecule has 0 amide bonds. The Hall–Kier alpha value is -0.250. The summed E-state index contributed by atoms with van der Waals surface area (Å²) in [6, 6.07) is 0. The van der Waals surface area contributed by atoms with Crippen molar-refractivity contribution in [2.75, 3.05) is 13.1 Å². The fraction of sp³-hybridized carbons (Fsp3) is 1.00. The molecule has 1 N–H and O–H groups in total. The van der Waals surface area contributed by atoms with E-state index in [2.05, 4.69) is 5.32 Å². The molecule has 52 valence electrons. The number of nitrogens with one attached hydrogen (secondary N) is 1. The lowest BCUT2D eigenvalue weighted by Crippen LogP contribution is -2.28. The average molecular weight is 129 g/mol. The van der Waals surface area contributed by atoms with Gasteiger partial charge >= 0.3 is 6.18 Å². The van der Waals surface area contributed by atoms with E-state index in [0.717, 1.165) is 0 Å². The highest BCUT2D eigenvalue weighted by molar-refractivity contribution is 4.51. The van der Waals surface area contributed by atoms with Crippen LogP contribution in [-0.2, 0) is 0 Å². The predicted molar refractivity (Wildman–Crippen MR) is 26.7 cm³/mol. The van der Waals surface area contributed by atoms with Crippen molar-refractivity contribution >= 4 is 0 Å². The molecule has 1 nitrogen and oxygen atoms in total. The molecule has 0 unspecified atom stereocenters. The SMILES string of the molecule is CCNCC(F)(F)F.[HH]. The maximum absolute atomic E-state index is 11.2. The fourth-order valence-electron chi connectivity index (χ4n) is 0.267. The van der Waals surface area contributed by atoms with Crippen LogP contribution in [0.25, 0.3) is 0 Å². The lowest BCUT2D eigenvalue weighted by Gasteiger charge is -2.04. The van der Waals surface area contributed by atoms with Gasteiger partial charge in [0.25, 0.3) is 0 Å². The Balaban J connectivity index is 0. The van der Waals surface area contributed by atoms with Crippen LogP contribution < -0.4 is 5.32 Å². The fourth-order valence-corrected chi connectivity index (χ4v) is 0.267. The molecule has 0 aliphatic carbocycles. The molecule has 8 heavy (non-hydrogen) atoms. The summed E-state index contributed by atoms with van der Waals surface area (Å²) < 4.78 is 33.5. The third-order valence-corrected chi connectivity index (χ3v) is 0.575. The summed E-state index contributed by atoms with van der Waals surface area (Å²) in [4.78, 5) is 0. The summed E-state index contributed by atoms with van der Waals surface area (Å²) in [5.74, 6) is 0. The molecule has 0 saturated heterocycles. The van der Waals surface area contributed by atoms with Crippen molar-refractivity contribution in [2.45, 2.75) is 13.1 Å². The third kappa shape index (κ3) is 5.75. The lowest BCUT2D eigenvalue weighted by atomic mass is 10.6. The van der Waals surface area contributed by atoms with E-state index in [1.165, 1.54) is 0 Å². The first-order chi connectivity index (χ1) is 3.56. The van der Waals surface area contributed by atoms with Crippen molar-refractivity contribution in [2.24, 2.45) is 0 Å². The van der Waals surface area contributed by atoms with Crippen molar-refractivity contribution in [3.8, 4) is 0 Å². The molecule has 0 saturated carbocycles. The molecule has 0 radical (unpaired) electrons. The molecule has 0 rings (SSSR count). The molecule has 0 spiro atoms. The zero-order valence-electron chi connectivity index (χ0n) is 4.55. The maximum Gasteiger partial charge on any atom is 0.401 e. The average Bonchev–Trinajstić information content (AvgIpc) is 1.59. The van der Waals surface area contributed by atoms with Gasteiger partial charge in [-0.05, 0) is 6.54 Å². The monoisotopic (exact) mass is 129 g/mol. The van der Waals surface area contributed by atoms with Crippen LogP contribution in [0.4, 0.5) is 13.2 Å².